The van der Waals surface area contributed by atoms with Crippen LogP contribution in [0.3, 0.4) is 0 Å². The zero-order valence-electron chi connectivity index (χ0n) is 65.0. The van der Waals surface area contributed by atoms with Crippen LogP contribution in [0, 0.1) is 17.8 Å². The lowest BCUT2D eigenvalue weighted by Gasteiger charge is -2.21. The van der Waals surface area contributed by atoms with Crippen molar-refractivity contribution >= 4 is 39.5 Å². The lowest BCUT2D eigenvalue weighted by molar-refractivity contribution is -0.161. The Balaban J connectivity index is 5.22. The number of aliphatic hydroxyl groups excluding tert-OH is 1. The van der Waals surface area contributed by atoms with Crippen molar-refractivity contribution in [2.45, 2.75) is 433 Å². The van der Waals surface area contributed by atoms with Gasteiger partial charge < -0.3 is 33.8 Å². The normalized spacial score (nSPS) is 14.5. The van der Waals surface area contributed by atoms with Gasteiger partial charge in [0.2, 0.25) is 0 Å². The molecule has 0 amide bonds. The lowest BCUT2D eigenvalue weighted by Crippen LogP contribution is -2.30. The van der Waals surface area contributed by atoms with Crippen LogP contribution in [0.4, 0.5) is 0 Å². The van der Waals surface area contributed by atoms with Crippen molar-refractivity contribution in [2.75, 3.05) is 39.6 Å². The summed E-state index contributed by atoms with van der Waals surface area (Å²) >= 11 is 0. The fourth-order valence-electron chi connectivity index (χ4n) is 12.2. The maximum absolute atomic E-state index is 13.1. The highest BCUT2D eigenvalue weighted by atomic mass is 31.2. The van der Waals surface area contributed by atoms with Gasteiger partial charge in [0.15, 0.2) is 12.2 Å². The average molecular weight is 1450 g/mol. The van der Waals surface area contributed by atoms with E-state index in [1.165, 1.54) is 218 Å². The molecule has 0 aromatic heterocycles. The van der Waals surface area contributed by atoms with Crippen LogP contribution >= 0.6 is 15.6 Å². The number of phosphoric acid groups is 2. The standard InChI is InChI=1S/C80H156O17P2/c1-8-11-12-13-14-15-16-17-18-19-20-21-22-23-24-27-31-34-40-49-56-63-79(84)96-75(67-90-77(82)61-54-47-39-33-30-28-25-26-29-32-37-44-51-58-71(4)5)69-94-98(86,87)92-65-74(81)66-93-99(88,89)95-70-76(68-91-78(83)62-55-48-43-42-46-53-60-73(7)10-3)97-80(85)64-57-50-41-36-35-38-45-52-59-72(6)9-2/h71-76,81H,8-70H2,1-7H3,(H,86,87)(H,88,89)/t72?,73?,74-,75-,76-/m1/s1. The third-order valence-electron chi connectivity index (χ3n) is 19.4. The molecule has 0 aliphatic rings. The summed E-state index contributed by atoms with van der Waals surface area (Å²) in [5.74, 6) is 0.175. The van der Waals surface area contributed by atoms with Crippen molar-refractivity contribution in [3.05, 3.63) is 0 Å². The molecule has 99 heavy (non-hydrogen) atoms. The van der Waals surface area contributed by atoms with Crippen molar-refractivity contribution < 1.29 is 80.2 Å². The van der Waals surface area contributed by atoms with Crippen LogP contribution in [-0.2, 0) is 65.4 Å². The van der Waals surface area contributed by atoms with Crippen molar-refractivity contribution in [1.29, 1.82) is 0 Å². The molecular formula is C80H156O17P2. The molecule has 0 bridgehead atoms. The molecule has 3 N–H and O–H groups in total. The van der Waals surface area contributed by atoms with Crippen LogP contribution in [0.1, 0.15) is 414 Å². The molecule has 0 rings (SSSR count). The summed E-state index contributed by atoms with van der Waals surface area (Å²) in [6, 6.07) is 0. The molecule has 588 valence electrons. The first kappa shape index (κ1) is 97.1. The number of ether oxygens (including phenoxy) is 4. The molecule has 0 aromatic carbocycles. The first-order chi connectivity index (χ1) is 47.8. The van der Waals surface area contributed by atoms with Crippen LogP contribution < -0.4 is 0 Å². The Morgan fingerprint density at radius 1 is 0.293 bits per heavy atom. The summed E-state index contributed by atoms with van der Waals surface area (Å²) in [4.78, 5) is 72.9. The Morgan fingerprint density at radius 3 is 0.768 bits per heavy atom. The van der Waals surface area contributed by atoms with E-state index in [0.29, 0.717) is 25.7 Å². The molecule has 0 aliphatic carbocycles. The van der Waals surface area contributed by atoms with Gasteiger partial charge in [-0.05, 0) is 43.4 Å². The van der Waals surface area contributed by atoms with Gasteiger partial charge in [0, 0.05) is 25.7 Å². The smallest absolute Gasteiger partial charge is 0.462 e. The minimum Gasteiger partial charge on any atom is -0.462 e. The Morgan fingerprint density at radius 2 is 0.515 bits per heavy atom. The van der Waals surface area contributed by atoms with E-state index in [1.807, 2.05) is 0 Å². The zero-order valence-corrected chi connectivity index (χ0v) is 66.8. The molecule has 0 aliphatic heterocycles. The van der Waals surface area contributed by atoms with E-state index in [-0.39, 0.29) is 25.7 Å². The van der Waals surface area contributed by atoms with Crippen molar-refractivity contribution in [2.24, 2.45) is 17.8 Å². The van der Waals surface area contributed by atoms with E-state index in [1.54, 1.807) is 0 Å². The summed E-state index contributed by atoms with van der Waals surface area (Å²) in [6.45, 7) is 11.9. The van der Waals surface area contributed by atoms with Gasteiger partial charge in [0.05, 0.1) is 26.4 Å². The number of hydrogen-bond acceptors (Lipinski definition) is 15. The Bertz CT molecular complexity index is 1930. The van der Waals surface area contributed by atoms with Crippen LogP contribution in [0.15, 0.2) is 0 Å². The maximum Gasteiger partial charge on any atom is 0.472 e. The summed E-state index contributed by atoms with van der Waals surface area (Å²) < 4.78 is 68.6. The van der Waals surface area contributed by atoms with Gasteiger partial charge in [-0.1, -0.05) is 363 Å². The number of esters is 4. The fourth-order valence-corrected chi connectivity index (χ4v) is 13.8. The molecule has 17 nitrogen and oxygen atoms in total. The second-order valence-electron chi connectivity index (χ2n) is 29.8. The van der Waals surface area contributed by atoms with Crippen LogP contribution in [0.2, 0.25) is 0 Å². The molecular weight excluding hydrogens is 1290 g/mol. The maximum atomic E-state index is 13.1. The first-order valence-electron chi connectivity index (χ1n) is 41.4. The minimum atomic E-state index is -4.96. The van der Waals surface area contributed by atoms with Gasteiger partial charge in [-0.2, -0.15) is 0 Å². The van der Waals surface area contributed by atoms with Gasteiger partial charge in [-0.3, -0.25) is 37.3 Å². The molecule has 7 atom stereocenters. The number of hydrogen-bond donors (Lipinski definition) is 3. The molecule has 4 unspecified atom stereocenters. The zero-order chi connectivity index (χ0) is 73.0. The highest BCUT2D eigenvalue weighted by Crippen LogP contribution is 2.45. The third-order valence-corrected chi connectivity index (χ3v) is 21.3. The fraction of sp³-hybridized carbons (Fsp3) is 0.950. The minimum absolute atomic E-state index is 0.104. The van der Waals surface area contributed by atoms with E-state index < -0.39 is 97.5 Å². The van der Waals surface area contributed by atoms with Crippen LogP contribution in [0.25, 0.3) is 0 Å². The van der Waals surface area contributed by atoms with E-state index >= 15 is 0 Å². The highest BCUT2D eigenvalue weighted by molar-refractivity contribution is 7.47. The lowest BCUT2D eigenvalue weighted by atomic mass is 9.99. The summed E-state index contributed by atoms with van der Waals surface area (Å²) in [6.07, 6.45) is 58.4. The molecule has 0 aromatic rings. The summed E-state index contributed by atoms with van der Waals surface area (Å²) in [5, 5.41) is 10.6. The third kappa shape index (κ3) is 71.5. The molecule has 0 fully saturated rings. The number of carbonyl (C=O) groups excluding carboxylic acids is 4. The monoisotopic (exact) mass is 1450 g/mol. The van der Waals surface area contributed by atoms with Gasteiger partial charge in [-0.25, -0.2) is 9.13 Å². The van der Waals surface area contributed by atoms with E-state index in [0.717, 1.165) is 114 Å². The molecule has 0 saturated heterocycles. The molecule has 19 heteroatoms. The number of rotatable bonds is 78. The predicted octanol–water partition coefficient (Wildman–Crippen LogP) is 23.7. The summed E-state index contributed by atoms with van der Waals surface area (Å²) in [7, 11) is -9.92. The van der Waals surface area contributed by atoms with Gasteiger partial charge >= 0.3 is 39.5 Å². The van der Waals surface area contributed by atoms with Gasteiger partial charge in [0.1, 0.15) is 19.3 Å². The van der Waals surface area contributed by atoms with Crippen LogP contribution in [-0.4, -0.2) is 96.7 Å². The Hall–Kier alpha value is -1.94. The van der Waals surface area contributed by atoms with E-state index in [2.05, 4.69) is 48.5 Å². The van der Waals surface area contributed by atoms with Crippen molar-refractivity contribution in [3.8, 4) is 0 Å². The second kappa shape index (κ2) is 70.4. The number of carbonyl (C=O) groups is 4. The molecule has 0 heterocycles. The van der Waals surface area contributed by atoms with Gasteiger partial charge in [0.25, 0.3) is 0 Å². The first-order valence-corrected chi connectivity index (χ1v) is 44.4. The van der Waals surface area contributed by atoms with Gasteiger partial charge in [-0.15, -0.1) is 0 Å². The molecule has 0 spiro atoms. The number of unbranched alkanes of at least 4 members (excludes halogenated alkanes) is 44. The topological polar surface area (TPSA) is 237 Å². The largest absolute Gasteiger partial charge is 0.472 e. The highest BCUT2D eigenvalue weighted by Gasteiger charge is 2.30. The van der Waals surface area contributed by atoms with Crippen molar-refractivity contribution in [1.82, 2.24) is 0 Å². The predicted molar refractivity (Wildman–Crippen MR) is 405 cm³/mol. The molecule has 0 radical (unpaired) electrons. The molecule has 0 saturated carbocycles. The second-order valence-corrected chi connectivity index (χ2v) is 32.7. The van der Waals surface area contributed by atoms with E-state index in [9.17, 15) is 43.2 Å². The summed E-state index contributed by atoms with van der Waals surface area (Å²) in [5.41, 5.74) is 0. The van der Waals surface area contributed by atoms with E-state index in [4.69, 9.17) is 37.0 Å². The Kier molecular flexibility index (Phi) is 69.0. The quantitative estimate of drug-likeness (QED) is 0.0222. The van der Waals surface area contributed by atoms with Crippen LogP contribution in [0.5, 0.6) is 0 Å². The number of aliphatic hydroxyl groups is 1. The number of phosphoric ester groups is 2. The SMILES string of the molecule is CCCCCCCCCCCCCCCCCCCCCCCC(=O)O[C@H](COC(=O)CCCCCCCCCCCCCCCC(C)C)COP(=O)(O)OC[C@@H](O)COP(=O)(O)OC[C@@H](COC(=O)CCCCCCCCC(C)CC)OC(=O)CCCCCCCCCCC(C)CC. The van der Waals surface area contributed by atoms with Crippen molar-refractivity contribution in [3.63, 3.8) is 0 Å². The average Bonchev–Trinajstić information content (AvgIpc) is 1.16. The Labute approximate surface area is 607 Å².